The van der Waals surface area contributed by atoms with E-state index in [0.717, 1.165) is 21.0 Å². The van der Waals surface area contributed by atoms with Crippen LogP contribution in [0.1, 0.15) is 11.1 Å². The summed E-state index contributed by atoms with van der Waals surface area (Å²) in [4.78, 5) is 9.01. The molecule has 0 atom stereocenters. The quantitative estimate of drug-likeness (QED) is 0.389. The Bertz CT molecular complexity index is 1110. The predicted molar refractivity (Wildman–Crippen MR) is 105 cm³/mol. The highest BCUT2D eigenvalue weighted by molar-refractivity contribution is 7.22. The maximum Gasteiger partial charge on any atom is 0.212 e. The van der Waals surface area contributed by atoms with Gasteiger partial charge in [-0.3, -0.25) is 5.41 Å². The van der Waals surface area contributed by atoms with E-state index in [-0.39, 0.29) is 5.84 Å². The first-order valence-corrected chi connectivity index (χ1v) is 8.51. The smallest absolute Gasteiger partial charge is 0.212 e. The van der Waals surface area contributed by atoms with E-state index >= 15 is 0 Å². The Morgan fingerprint density at radius 1 is 0.960 bits per heavy atom. The summed E-state index contributed by atoms with van der Waals surface area (Å²) in [6, 6.07) is 19.4. The molecule has 5 nitrogen and oxygen atoms in total. The first-order valence-electron chi connectivity index (χ1n) is 7.70. The van der Waals surface area contributed by atoms with Crippen molar-refractivity contribution in [3.8, 4) is 0 Å². The molecule has 0 bridgehead atoms. The molecule has 0 aliphatic heterocycles. The molecular weight excluding hydrogens is 330 g/mol. The second-order valence-corrected chi connectivity index (χ2v) is 6.59. The molecule has 5 N–H and O–H groups in total. The fourth-order valence-corrected chi connectivity index (χ4v) is 3.69. The van der Waals surface area contributed by atoms with Gasteiger partial charge in [0.05, 0.1) is 10.2 Å². The lowest BCUT2D eigenvalue weighted by molar-refractivity contribution is 1.37. The molecular formula is C19H15N5S. The Morgan fingerprint density at radius 3 is 2.52 bits per heavy atom. The van der Waals surface area contributed by atoms with E-state index in [1.807, 2.05) is 54.6 Å². The summed E-state index contributed by atoms with van der Waals surface area (Å²) >= 11 is 1.48. The Hall–Kier alpha value is -3.25. The third-order valence-electron chi connectivity index (χ3n) is 3.97. The van der Waals surface area contributed by atoms with E-state index in [9.17, 15) is 0 Å². The van der Waals surface area contributed by atoms with E-state index in [1.54, 1.807) is 6.07 Å². The number of rotatable bonds is 3. The number of benzene rings is 3. The zero-order valence-electron chi connectivity index (χ0n) is 13.2. The monoisotopic (exact) mass is 345 g/mol. The highest BCUT2D eigenvalue weighted by atomic mass is 32.1. The highest BCUT2D eigenvalue weighted by Gasteiger charge is 2.14. The van der Waals surface area contributed by atoms with E-state index in [4.69, 9.17) is 16.9 Å². The maximum absolute atomic E-state index is 7.87. The summed E-state index contributed by atoms with van der Waals surface area (Å²) in [5.41, 5.74) is 14.2. The third kappa shape index (κ3) is 2.72. The fourth-order valence-electron chi connectivity index (χ4n) is 2.84. The number of aromatic nitrogens is 1. The normalized spacial score (nSPS) is 11.9. The molecule has 0 fully saturated rings. The number of hydrogen-bond donors (Lipinski definition) is 3. The average Bonchev–Trinajstić information content (AvgIpc) is 3.02. The van der Waals surface area contributed by atoms with Crippen molar-refractivity contribution in [2.45, 2.75) is 0 Å². The van der Waals surface area contributed by atoms with Crippen LogP contribution in [-0.2, 0) is 0 Å². The van der Waals surface area contributed by atoms with Gasteiger partial charge in [0.2, 0.25) is 5.13 Å². The lowest BCUT2D eigenvalue weighted by Crippen LogP contribution is -2.21. The van der Waals surface area contributed by atoms with Crippen molar-refractivity contribution in [3.05, 3.63) is 71.8 Å². The van der Waals surface area contributed by atoms with Gasteiger partial charge >= 0.3 is 0 Å². The number of fused-ring (bicyclic) bond motifs is 2. The zero-order valence-corrected chi connectivity index (χ0v) is 14.0. The van der Waals surface area contributed by atoms with E-state index in [2.05, 4.69) is 9.98 Å². The first-order chi connectivity index (χ1) is 12.1. The molecule has 0 radical (unpaired) electrons. The van der Waals surface area contributed by atoms with E-state index in [1.165, 1.54) is 11.3 Å². The first kappa shape index (κ1) is 15.3. The van der Waals surface area contributed by atoms with Crippen LogP contribution in [0.2, 0.25) is 0 Å². The lowest BCUT2D eigenvalue weighted by atomic mass is 9.97. The standard InChI is InChI=1S/C19H15N5S/c20-17(21)13-10-9-11-5-1-2-6-12(11)16(13)18(22)24-19-23-14-7-3-4-8-15(14)25-19/h1-10H,(H3,20,21)(H2,22,23,24). The van der Waals surface area contributed by atoms with E-state index < -0.39 is 0 Å². The van der Waals surface area contributed by atoms with Gasteiger partial charge in [0, 0.05) is 11.1 Å². The molecule has 0 saturated carbocycles. The van der Waals surface area contributed by atoms with Crippen LogP contribution < -0.4 is 11.5 Å². The number of nitrogens with two attached hydrogens (primary N) is 2. The van der Waals surface area contributed by atoms with Crippen molar-refractivity contribution in [2.75, 3.05) is 0 Å². The Kier molecular flexibility index (Phi) is 3.66. The summed E-state index contributed by atoms with van der Waals surface area (Å²) in [5, 5.41) is 10.4. The maximum atomic E-state index is 7.87. The topological polar surface area (TPSA) is 101 Å². The number of thiazole rings is 1. The molecule has 0 unspecified atom stereocenters. The van der Waals surface area contributed by atoms with Gasteiger partial charge in [-0.2, -0.15) is 0 Å². The van der Waals surface area contributed by atoms with Gasteiger partial charge in [-0.05, 0) is 29.0 Å². The molecule has 0 saturated heterocycles. The van der Waals surface area contributed by atoms with Crippen LogP contribution in [0.15, 0.2) is 65.7 Å². The number of amidine groups is 2. The molecule has 25 heavy (non-hydrogen) atoms. The molecule has 0 spiro atoms. The molecule has 0 aliphatic rings. The number of hydrogen-bond acceptors (Lipinski definition) is 4. The zero-order chi connectivity index (χ0) is 17.4. The minimum Gasteiger partial charge on any atom is -0.384 e. The predicted octanol–water partition coefficient (Wildman–Crippen LogP) is 3.77. The molecule has 3 aromatic carbocycles. The average molecular weight is 345 g/mol. The molecule has 122 valence electrons. The van der Waals surface area contributed by atoms with Crippen molar-refractivity contribution in [1.82, 2.24) is 4.98 Å². The number of nitrogens with zero attached hydrogens (tertiary/aromatic N) is 2. The van der Waals surface area contributed by atoms with Crippen LogP contribution in [0.5, 0.6) is 0 Å². The Balaban J connectivity index is 1.92. The second-order valence-electron chi connectivity index (χ2n) is 5.58. The lowest BCUT2D eigenvalue weighted by Gasteiger charge is -2.11. The third-order valence-corrected chi connectivity index (χ3v) is 4.90. The van der Waals surface area contributed by atoms with Crippen molar-refractivity contribution in [2.24, 2.45) is 16.5 Å². The SMILES string of the molecule is N=C(N)c1ccc2ccccc2c1/C(N)=N/c1nc2ccccc2s1. The van der Waals surface area contributed by atoms with Crippen LogP contribution >= 0.6 is 11.3 Å². The fraction of sp³-hybridized carbons (Fsp3) is 0. The number of nitrogens with one attached hydrogen (secondary N) is 1. The molecule has 4 aromatic rings. The summed E-state index contributed by atoms with van der Waals surface area (Å²) in [6.07, 6.45) is 0. The van der Waals surface area contributed by atoms with Gasteiger partial charge in [-0.15, -0.1) is 0 Å². The largest absolute Gasteiger partial charge is 0.384 e. The highest BCUT2D eigenvalue weighted by Crippen LogP contribution is 2.29. The van der Waals surface area contributed by atoms with Gasteiger partial charge in [0.15, 0.2) is 0 Å². The van der Waals surface area contributed by atoms with Crippen molar-refractivity contribution in [3.63, 3.8) is 0 Å². The number of aliphatic imine (C=N–C) groups is 1. The van der Waals surface area contributed by atoms with Crippen LogP contribution in [0, 0.1) is 5.41 Å². The number of para-hydroxylation sites is 1. The molecule has 1 heterocycles. The summed E-state index contributed by atoms with van der Waals surface area (Å²) in [6.45, 7) is 0. The minimum absolute atomic E-state index is 0.0387. The molecule has 0 amide bonds. The molecule has 4 rings (SSSR count). The van der Waals surface area contributed by atoms with Crippen LogP contribution in [-0.4, -0.2) is 16.7 Å². The van der Waals surface area contributed by atoms with Gasteiger partial charge in [-0.25, -0.2) is 9.98 Å². The van der Waals surface area contributed by atoms with Crippen molar-refractivity contribution in [1.29, 1.82) is 5.41 Å². The van der Waals surface area contributed by atoms with Crippen LogP contribution in [0.4, 0.5) is 5.13 Å². The molecule has 6 heteroatoms. The summed E-state index contributed by atoms with van der Waals surface area (Å²) < 4.78 is 1.05. The van der Waals surface area contributed by atoms with Crippen molar-refractivity contribution < 1.29 is 0 Å². The minimum atomic E-state index is -0.0387. The van der Waals surface area contributed by atoms with Gasteiger partial charge in [0.1, 0.15) is 11.7 Å². The Labute approximate surface area is 148 Å². The summed E-state index contributed by atoms with van der Waals surface area (Å²) in [7, 11) is 0. The molecule has 1 aromatic heterocycles. The van der Waals surface area contributed by atoms with Crippen molar-refractivity contribution >= 4 is 49.1 Å². The van der Waals surface area contributed by atoms with Crippen LogP contribution in [0.3, 0.4) is 0 Å². The van der Waals surface area contributed by atoms with Crippen LogP contribution in [0.25, 0.3) is 21.0 Å². The van der Waals surface area contributed by atoms with Gasteiger partial charge < -0.3 is 11.5 Å². The van der Waals surface area contributed by atoms with E-state index in [0.29, 0.717) is 22.1 Å². The second kappa shape index (κ2) is 5.99. The molecule has 0 aliphatic carbocycles. The van der Waals surface area contributed by atoms with Gasteiger partial charge in [-0.1, -0.05) is 53.8 Å². The Morgan fingerprint density at radius 2 is 1.72 bits per heavy atom. The van der Waals surface area contributed by atoms with Gasteiger partial charge in [0.25, 0.3) is 0 Å². The summed E-state index contributed by atoms with van der Waals surface area (Å²) in [5.74, 6) is 0.268. The number of nitrogen functional groups attached to an aromatic ring is 1.